The second-order valence-electron chi connectivity index (χ2n) is 6.72. The molecule has 2 aromatic heterocycles. The number of amides is 1. The number of thiophene rings is 1. The maximum atomic E-state index is 12.9. The van der Waals surface area contributed by atoms with Crippen molar-refractivity contribution in [2.24, 2.45) is 7.05 Å². The average molecular weight is 318 g/mol. The SMILES string of the molecule is Cc1nn(C)c2sc(C(=O)N(C)C3CC4CCC(C3)N4)cc12. The minimum Gasteiger partial charge on any atom is -0.338 e. The van der Waals surface area contributed by atoms with Gasteiger partial charge < -0.3 is 10.2 Å². The summed E-state index contributed by atoms with van der Waals surface area (Å²) >= 11 is 1.56. The van der Waals surface area contributed by atoms with Gasteiger partial charge in [-0.05, 0) is 38.7 Å². The van der Waals surface area contributed by atoms with Crippen LogP contribution in [-0.2, 0) is 7.05 Å². The Labute approximate surface area is 134 Å². The predicted molar refractivity (Wildman–Crippen MR) is 88.4 cm³/mol. The number of fused-ring (bicyclic) bond motifs is 3. The Balaban J connectivity index is 1.58. The molecule has 0 aliphatic carbocycles. The summed E-state index contributed by atoms with van der Waals surface area (Å²) in [7, 11) is 3.90. The van der Waals surface area contributed by atoms with Crippen LogP contribution in [0.15, 0.2) is 6.07 Å². The molecule has 118 valence electrons. The van der Waals surface area contributed by atoms with Gasteiger partial charge >= 0.3 is 0 Å². The van der Waals surface area contributed by atoms with Crippen LogP contribution in [0.3, 0.4) is 0 Å². The van der Waals surface area contributed by atoms with Gasteiger partial charge in [0.15, 0.2) is 0 Å². The van der Waals surface area contributed by atoms with Crippen LogP contribution in [-0.4, -0.2) is 45.8 Å². The van der Waals surface area contributed by atoms with Gasteiger partial charge in [0, 0.05) is 37.6 Å². The van der Waals surface area contributed by atoms with Crippen LogP contribution in [0, 0.1) is 6.92 Å². The highest BCUT2D eigenvalue weighted by Crippen LogP contribution is 2.32. The van der Waals surface area contributed by atoms with Gasteiger partial charge in [-0.2, -0.15) is 5.10 Å². The van der Waals surface area contributed by atoms with Crippen LogP contribution in [0.1, 0.15) is 41.0 Å². The van der Waals surface area contributed by atoms with E-state index in [1.165, 1.54) is 12.8 Å². The molecular formula is C16H22N4OS. The van der Waals surface area contributed by atoms with Crippen LogP contribution >= 0.6 is 11.3 Å². The van der Waals surface area contributed by atoms with Crippen LogP contribution in [0.4, 0.5) is 0 Å². The maximum absolute atomic E-state index is 12.9. The van der Waals surface area contributed by atoms with Crippen LogP contribution in [0.2, 0.25) is 0 Å². The number of hydrogen-bond donors (Lipinski definition) is 1. The molecule has 2 bridgehead atoms. The second-order valence-corrected chi connectivity index (χ2v) is 7.75. The molecule has 4 rings (SSSR count). The fourth-order valence-electron chi connectivity index (χ4n) is 3.99. The quantitative estimate of drug-likeness (QED) is 0.924. The molecule has 22 heavy (non-hydrogen) atoms. The lowest BCUT2D eigenvalue weighted by Gasteiger charge is -2.35. The number of hydrogen-bond acceptors (Lipinski definition) is 4. The fraction of sp³-hybridized carbons (Fsp3) is 0.625. The number of piperidine rings is 1. The zero-order valence-electron chi connectivity index (χ0n) is 13.3. The molecule has 5 nitrogen and oxygen atoms in total. The molecule has 2 aliphatic rings. The number of carbonyl (C=O) groups excluding carboxylic acids is 1. The largest absolute Gasteiger partial charge is 0.338 e. The van der Waals surface area contributed by atoms with Gasteiger partial charge in [-0.15, -0.1) is 11.3 Å². The summed E-state index contributed by atoms with van der Waals surface area (Å²) in [5, 5.41) is 9.15. The van der Waals surface area contributed by atoms with Gasteiger partial charge in [0.05, 0.1) is 10.6 Å². The van der Waals surface area contributed by atoms with E-state index in [-0.39, 0.29) is 5.91 Å². The third kappa shape index (κ3) is 2.16. The lowest BCUT2D eigenvalue weighted by Crippen LogP contribution is -2.48. The Kier molecular flexibility index (Phi) is 3.27. The van der Waals surface area contributed by atoms with Crippen molar-refractivity contribution in [3.05, 3.63) is 16.6 Å². The first-order valence-corrected chi connectivity index (χ1v) is 8.81. The number of nitrogens with zero attached hydrogens (tertiary/aromatic N) is 3. The minimum atomic E-state index is 0.159. The number of aromatic nitrogens is 2. The molecule has 2 aromatic rings. The Bertz CT molecular complexity index is 687. The normalized spacial score (nSPS) is 27.5. The molecule has 2 saturated heterocycles. The van der Waals surface area contributed by atoms with E-state index in [1.54, 1.807) is 11.3 Å². The van der Waals surface area contributed by atoms with Gasteiger partial charge in [0.1, 0.15) is 4.83 Å². The molecule has 4 heterocycles. The number of rotatable bonds is 2. The summed E-state index contributed by atoms with van der Waals surface area (Å²) in [5.41, 5.74) is 0.996. The van der Waals surface area contributed by atoms with Crippen molar-refractivity contribution in [3.8, 4) is 0 Å². The highest BCUT2D eigenvalue weighted by Gasteiger charge is 2.36. The predicted octanol–water partition coefficient (Wildman–Crippen LogP) is 2.30. The van der Waals surface area contributed by atoms with E-state index in [1.807, 2.05) is 36.7 Å². The molecule has 2 aliphatic heterocycles. The van der Waals surface area contributed by atoms with Crippen molar-refractivity contribution in [3.63, 3.8) is 0 Å². The highest BCUT2D eigenvalue weighted by molar-refractivity contribution is 7.20. The summed E-state index contributed by atoms with van der Waals surface area (Å²) < 4.78 is 1.87. The Hall–Kier alpha value is -1.40. The highest BCUT2D eigenvalue weighted by atomic mass is 32.1. The average Bonchev–Trinajstić information content (AvgIpc) is 3.15. The number of carbonyl (C=O) groups is 1. The van der Waals surface area contributed by atoms with Crippen molar-refractivity contribution < 1.29 is 4.79 Å². The summed E-state index contributed by atoms with van der Waals surface area (Å²) in [6, 6.07) is 3.59. The molecule has 1 amide bonds. The molecule has 2 atom stereocenters. The van der Waals surface area contributed by atoms with Crippen molar-refractivity contribution in [2.75, 3.05) is 7.05 Å². The molecule has 0 saturated carbocycles. The molecule has 1 N–H and O–H groups in total. The topological polar surface area (TPSA) is 50.2 Å². The molecule has 0 aromatic carbocycles. The minimum absolute atomic E-state index is 0.159. The van der Waals surface area contributed by atoms with Crippen molar-refractivity contribution >= 4 is 27.5 Å². The van der Waals surface area contributed by atoms with Crippen molar-refractivity contribution in [1.82, 2.24) is 20.0 Å². The van der Waals surface area contributed by atoms with E-state index in [9.17, 15) is 4.79 Å². The van der Waals surface area contributed by atoms with Crippen molar-refractivity contribution in [2.45, 2.75) is 50.7 Å². The smallest absolute Gasteiger partial charge is 0.264 e. The zero-order chi connectivity index (χ0) is 15.4. The van der Waals surface area contributed by atoms with Gasteiger partial charge in [0.2, 0.25) is 0 Å². The second kappa shape index (κ2) is 5.06. The molecule has 0 spiro atoms. The standard InChI is InChI=1S/C16H22N4OS/c1-9-13-8-14(22-16(13)20(3)18-9)15(21)19(2)12-6-10-4-5-11(7-12)17-10/h8,10-12,17H,4-7H2,1-3H3. The van der Waals surface area contributed by atoms with Crippen LogP contribution in [0.5, 0.6) is 0 Å². The van der Waals surface area contributed by atoms with Gasteiger partial charge in [-0.1, -0.05) is 0 Å². The van der Waals surface area contributed by atoms with Crippen LogP contribution in [0.25, 0.3) is 10.2 Å². The third-order valence-corrected chi connectivity index (χ3v) is 6.41. The molecule has 2 fully saturated rings. The summed E-state index contributed by atoms with van der Waals surface area (Å²) in [4.78, 5) is 16.7. The van der Waals surface area contributed by atoms with Crippen molar-refractivity contribution in [1.29, 1.82) is 0 Å². The lowest BCUT2D eigenvalue weighted by molar-refractivity contribution is 0.0686. The monoisotopic (exact) mass is 318 g/mol. The van der Waals surface area contributed by atoms with E-state index in [4.69, 9.17) is 0 Å². The van der Waals surface area contributed by atoms with Gasteiger partial charge in [0.25, 0.3) is 5.91 Å². The Morgan fingerprint density at radius 1 is 1.41 bits per heavy atom. The van der Waals surface area contributed by atoms with Crippen LogP contribution < -0.4 is 5.32 Å². The summed E-state index contributed by atoms with van der Waals surface area (Å²) in [6.07, 6.45) is 4.70. The molecule has 6 heteroatoms. The van der Waals surface area contributed by atoms with E-state index in [0.717, 1.165) is 33.6 Å². The van der Waals surface area contributed by atoms with Gasteiger partial charge in [-0.25, -0.2) is 0 Å². The van der Waals surface area contributed by atoms with E-state index in [0.29, 0.717) is 18.1 Å². The number of aryl methyl sites for hydroxylation is 2. The number of nitrogens with one attached hydrogen (secondary N) is 1. The first-order valence-electron chi connectivity index (χ1n) is 7.99. The Morgan fingerprint density at radius 2 is 2.09 bits per heavy atom. The first-order chi connectivity index (χ1) is 10.5. The van der Waals surface area contributed by atoms with E-state index < -0.39 is 0 Å². The molecule has 0 radical (unpaired) electrons. The fourth-order valence-corrected chi connectivity index (χ4v) is 5.10. The van der Waals surface area contributed by atoms with Gasteiger partial charge in [-0.3, -0.25) is 9.48 Å². The molecular weight excluding hydrogens is 296 g/mol. The van der Waals surface area contributed by atoms with E-state index in [2.05, 4.69) is 10.4 Å². The zero-order valence-corrected chi connectivity index (χ0v) is 14.1. The maximum Gasteiger partial charge on any atom is 0.264 e. The van der Waals surface area contributed by atoms with E-state index >= 15 is 0 Å². The lowest BCUT2D eigenvalue weighted by atomic mass is 9.98. The molecule has 2 unspecified atom stereocenters. The first kappa shape index (κ1) is 14.2. The Morgan fingerprint density at radius 3 is 2.73 bits per heavy atom. The summed E-state index contributed by atoms with van der Waals surface area (Å²) in [6.45, 7) is 2.00. The third-order valence-electron chi connectivity index (χ3n) is 5.22. The summed E-state index contributed by atoms with van der Waals surface area (Å²) in [5.74, 6) is 0.159.